The molecule has 0 saturated carbocycles. The normalized spacial score (nSPS) is 11.9. The number of nitrogens with zero attached hydrogens (tertiary/aromatic N) is 1. The molecular formula is C11H12BrCl2NO5S. The van der Waals surface area contributed by atoms with E-state index in [-0.39, 0.29) is 28.1 Å². The predicted octanol–water partition coefficient (Wildman–Crippen LogP) is 2.48. The van der Waals surface area contributed by atoms with Crippen molar-refractivity contribution in [1.82, 2.24) is 4.31 Å². The maximum atomic E-state index is 12.5. The van der Waals surface area contributed by atoms with E-state index in [0.29, 0.717) is 4.47 Å². The van der Waals surface area contributed by atoms with Crippen molar-refractivity contribution < 1.29 is 23.1 Å². The van der Waals surface area contributed by atoms with Crippen LogP contribution in [0.4, 0.5) is 0 Å². The summed E-state index contributed by atoms with van der Waals surface area (Å²) in [7, 11) is -2.78. The molecule has 0 amide bonds. The van der Waals surface area contributed by atoms with Gasteiger partial charge in [0.1, 0.15) is 11.4 Å². The predicted molar refractivity (Wildman–Crippen MR) is 82.4 cm³/mol. The third-order valence-corrected chi connectivity index (χ3v) is 5.64. The quantitative estimate of drug-likeness (QED) is 0.732. The van der Waals surface area contributed by atoms with Gasteiger partial charge in [-0.05, 0) is 12.1 Å². The molecule has 1 N–H and O–H groups in total. The number of halogens is 3. The standard InChI is InChI=1S/C11H12BrCl2NO5S/c1-20-3-2-15(6-10(16)17)21(18,19)11-8(13)4-7(12)5-9(11)14/h4-5H,2-3,6H2,1H3,(H,16,17). The van der Waals surface area contributed by atoms with Crippen LogP contribution in [0.25, 0.3) is 0 Å². The van der Waals surface area contributed by atoms with Gasteiger partial charge in [-0.15, -0.1) is 0 Å². The fourth-order valence-corrected chi connectivity index (χ4v) is 4.79. The van der Waals surface area contributed by atoms with Crippen LogP contribution in [0.5, 0.6) is 0 Å². The molecular weight excluding hydrogens is 409 g/mol. The minimum atomic E-state index is -4.16. The molecule has 10 heteroatoms. The number of methoxy groups -OCH3 is 1. The Morgan fingerprint density at radius 3 is 2.33 bits per heavy atom. The van der Waals surface area contributed by atoms with Crippen LogP contribution >= 0.6 is 39.1 Å². The van der Waals surface area contributed by atoms with Gasteiger partial charge < -0.3 is 9.84 Å². The number of hydrogen-bond acceptors (Lipinski definition) is 4. The van der Waals surface area contributed by atoms with E-state index in [4.69, 9.17) is 33.0 Å². The Morgan fingerprint density at radius 1 is 1.38 bits per heavy atom. The number of carboxylic acid groups (broad SMARTS) is 1. The summed E-state index contributed by atoms with van der Waals surface area (Å²) in [6.45, 7) is -0.805. The zero-order chi connectivity index (χ0) is 16.2. The average molecular weight is 421 g/mol. The van der Waals surface area contributed by atoms with Crippen LogP contribution in [0.15, 0.2) is 21.5 Å². The molecule has 118 valence electrons. The summed E-state index contributed by atoms with van der Waals surface area (Å²) in [6, 6.07) is 2.74. The highest BCUT2D eigenvalue weighted by molar-refractivity contribution is 9.10. The van der Waals surface area contributed by atoms with Crippen molar-refractivity contribution >= 4 is 55.1 Å². The molecule has 0 heterocycles. The third kappa shape index (κ3) is 4.80. The van der Waals surface area contributed by atoms with Gasteiger partial charge in [0.25, 0.3) is 0 Å². The molecule has 0 unspecified atom stereocenters. The van der Waals surface area contributed by atoms with E-state index in [1.54, 1.807) is 0 Å². The summed E-state index contributed by atoms with van der Waals surface area (Å²) in [6.07, 6.45) is 0. The van der Waals surface area contributed by atoms with Gasteiger partial charge in [0.2, 0.25) is 10.0 Å². The van der Waals surface area contributed by atoms with E-state index in [0.717, 1.165) is 4.31 Å². The first-order chi connectivity index (χ1) is 9.70. The number of hydrogen-bond donors (Lipinski definition) is 1. The first-order valence-corrected chi connectivity index (χ1v) is 8.54. The van der Waals surface area contributed by atoms with Gasteiger partial charge in [-0.3, -0.25) is 4.79 Å². The van der Waals surface area contributed by atoms with Crippen molar-refractivity contribution in [2.75, 3.05) is 26.8 Å². The van der Waals surface area contributed by atoms with E-state index in [1.165, 1.54) is 19.2 Å². The van der Waals surface area contributed by atoms with Crippen LogP contribution in [0.1, 0.15) is 0 Å². The second-order valence-corrected chi connectivity index (χ2v) is 7.53. The number of ether oxygens (including phenoxy) is 1. The van der Waals surface area contributed by atoms with Gasteiger partial charge in [0.05, 0.1) is 16.7 Å². The molecule has 0 fully saturated rings. The molecule has 0 aromatic heterocycles. The first kappa shape index (κ1) is 18.7. The van der Waals surface area contributed by atoms with Crippen LogP contribution in [0.3, 0.4) is 0 Å². The minimum absolute atomic E-state index is 0.0400. The van der Waals surface area contributed by atoms with E-state index in [1.807, 2.05) is 0 Å². The molecule has 0 atom stereocenters. The van der Waals surface area contributed by atoms with Crippen molar-refractivity contribution in [3.63, 3.8) is 0 Å². The second-order valence-electron chi connectivity index (χ2n) is 3.92. The first-order valence-electron chi connectivity index (χ1n) is 5.55. The Kier molecular flexibility index (Phi) is 6.89. The van der Waals surface area contributed by atoms with Crippen molar-refractivity contribution in [1.29, 1.82) is 0 Å². The molecule has 21 heavy (non-hydrogen) atoms. The fourth-order valence-electron chi connectivity index (χ4n) is 1.53. The van der Waals surface area contributed by atoms with Gasteiger partial charge in [-0.1, -0.05) is 39.1 Å². The highest BCUT2D eigenvalue weighted by atomic mass is 79.9. The third-order valence-electron chi connectivity index (χ3n) is 2.42. The zero-order valence-corrected chi connectivity index (χ0v) is 14.8. The lowest BCUT2D eigenvalue weighted by Gasteiger charge is -2.21. The topological polar surface area (TPSA) is 83.9 Å². The number of carbonyl (C=O) groups is 1. The van der Waals surface area contributed by atoms with Gasteiger partial charge in [-0.25, -0.2) is 8.42 Å². The molecule has 0 aliphatic carbocycles. The van der Waals surface area contributed by atoms with Crippen molar-refractivity contribution in [2.45, 2.75) is 4.90 Å². The average Bonchev–Trinajstić information content (AvgIpc) is 2.32. The number of rotatable bonds is 7. The Labute approximate surface area is 140 Å². The summed E-state index contributed by atoms with van der Waals surface area (Å²) in [4.78, 5) is 10.5. The largest absolute Gasteiger partial charge is 0.480 e. The van der Waals surface area contributed by atoms with Crippen molar-refractivity contribution in [2.24, 2.45) is 0 Å². The fraction of sp³-hybridized carbons (Fsp3) is 0.364. The molecule has 1 rings (SSSR count). The minimum Gasteiger partial charge on any atom is -0.480 e. The number of benzene rings is 1. The van der Waals surface area contributed by atoms with Gasteiger partial charge in [0, 0.05) is 18.1 Å². The Bertz CT molecular complexity index is 614. The lowest BCUT2D eigenvalue weighted by atomic mass is 10.4. The summed E-state index contributed by atoms with van der Waals surface area (Å²) in [5.74, 6) is -1.29. The zero-order valence-electron chi connectivity index (χ0n) is 10.8. The maximum Gasteiger partial charge on any atom is 0.318 e. The molecule has 0 aliphatic heterocycles. The highest BCUT2D eigenvalue weighted by Crippen LogP contribution is 2.34. The van der Waals surface area contributed by atoms with Crippen molar-refractivity contribution in [3.8, 4) is 0 Å². The number of carboxylic acids is 1. The Balaban J connectivity index is 3.31. The molecule has 1 aromatic rings. The Morgan fingerprint density at radius 2 is 1.90 bits per heavy atom. The molecule has 0 spiro atoms. The maximum absolute atomic E-state index is 12.5. The van der Waals surface area contributed by atoms with E-state index < -0.39 is 22.5 Å². The highest BCUT2D eigenvalue weighted by Gasteiger charge is 2.30. The summed E-state index contributed by atoms with van der Waals surface area (Å²) in [5, 5.41) is 8.67. The van der Waals surface area contributed by atoms with Crippen LogP contribution in [0.2, 0.25) is 10.0 Å². The molecule has 1 aromatic carbocycles. The monoisotopic (exact) mass is 419 g/mol. The smallest absolute Gasteiger partial charge is 0.318 e. The summed E-state index contributed by atoms with van der Waals surface area (Å²) in [5.41, 5.74) is 0. The molecule has 0 aliphatic rings. The SMILES string of the molecule is COCCN(CC(=O)O)S(=O)(=O)c1c(Cl)cc(Br)cc1Cl. The van der Waals surface area contributed by atoms with Crippen LogP contribution < -0.4 is 0 Å². The van der Waals surface area contributed by atoms with E-state index in [2.05, 4.69) is 15.9 Å². The van der Waals surface area contributed by atoms with Crippen LogP contribution in [-0.4, -0.2) is 50.6 Å². The van der Waals surface area contributed by atoms with Gasteiger partial charge in [0.15, 0.2) is 0 Å². The second kappa shape index (κ2) is 7.75. The van der Waals surface area contributed by atoms with Crippen molar-refractivity contribution in [3.05, 3.63) is 26.7 Å². The number of aliphatic carboxylic acids is 1. The van der Waals surface area contributed by atoms with E-state index >= 15 is 0 Å². The summed E-state index contributed by atoms with van der Waals surface area (Å²) >= 11 is 15.0. The Hall–Kier alpha value is -0.380. The molecule has 6 nitrogen and oxygen atoms in total. The van der Waals surface area contributed by atoms with Crippen LogP contribution in [0, 0.1) is 0 Å². The number of sulfonamides is 1. The lowest BCUT2D eigenvalue weighted by molar-refractivity contribution is -0.137. The molecule has 0 radical (unpaired) electrons. The molecule has 0 saturated heterocycles. The van der Waals surface area contributed by atoms with Crippen LogP contribution in [-0.2, 0) is 19.6 Å². The van der Waals surface area contributed by atoms with Gasteiger partial charge >= 0.3 is 5.97 Å². The summed E-state index contributed by atoms with van der Waals surface area (Å²) < 4.78 is 31.2. The van der Waals surface area contributed by atoms with Gasteiger partial charge in [-0.2, -0.15) is 4.31 Å². The lowest BCUT2D eigenvalue weighted by Crippen LogP contribution is -2.38. The van der Waals surface area contributed by atoms with E-state index in [9.17, 15) is 13.2 Å². The molecule has 0 bridgehead atoms.